The van der Waals surface area contributed by atoms with Gasteiger partial charge < -0.3 is 20.7 Å². The lowest BCUT2D eigenvalue weighted by atomic mass is 9.97. The number of hydrogen-bond donors (Lipinski definition) is 3. The molecule has 1 amide bonds. The van der Waals surface area contributed by atoms with E-state index in [0.717, 1.165) is 16.9 Å². The summed E-state index contributed by atoms with van der Waals surface area (Å²) in [4.78, 5) is 28.1. The van der Waals surface area contributed by atoms with E-state index in [9.17, 15) is 22.8 Å². The van der Waals surface area contributed by atoms with Crippen molar-refractivity contribution in [2.75, 3.05) is 16.0 Å². The van der Waals surface area contributed by atoms with Crippen molar-refractivity contribution in [1.29, 1.82) is 0 Å². The number of nitrogens with one attached hydrogen (secondary N) is 3. The molecule has 33 heavy (non-hydrogen) atoms. The molecule has 172 valence electrons. The molecule has 4 rings (SSSR count). The minimum absolute atomic E-state index is 0.000449. The molecule has 2 heterocycles. The molecule has 1 aliphatic rings. The zero-order valence-electron chi connectivity index (χ0n) is 17.3. The van der Waals surface area contributed by atoms with Crippen molar-refractivity contribution in [3.05, 3.63) is 70.7 Å². The fraction of sp³-hybridized carbons (Fsp3) is 0.227. The molecule has 1 aromatic heterocycles. The number of hydrogen-bond acceptors (Lipinski definition) is 7. The Morgan fingerprint density at radius 1 is 1.15 bits per heavy atom. The molecule has 0 radical (unpaired) electrons. The predicted octanol–water partition coefficient (Wildman–Crippen LogP) is 5.03. The molecule has 2 unspecified atom stereocenters. The van der Waals surface area contributed by atoms with Crippen LogP contribution in [-0.2, 0) is 20.2 Å². The van der Waals surface area contributed by atoms with Gasteiger partial charge in [-0.3, -0.25) is 4.79 Å². The van der Waals surface area contributed by atoms with Gasteiger partial charge in [0.05, 0.1) is 16.9 Å². The molecule has 0 saturated heterocycles. The number of fused-ring (bicyclic) bond motifs is 1. The van der Waals surface area contributed by atoms with Gasteiger partial charge in [-0.05, 0) is 29.7 Å². The lowest BCUT2D eigenvalue weighted by Gasteiger charge is -2.28. The van der Waals surface area contributed by atoms with Gasteiger partial charge in [-0.25, -0.2) is 9.78 Å². The number of carbonyl (C=O) groups is 2. The molecule has 3 aromatic rings. The maximum atomic E-state index is 12.9. The van der Waals surface area contributed by atoms with Crippen molar-refractivity contribution < 1.29 is 27.5 Å². The fourth-order valence-corrected chi connectivity index (χ4v) is 4.04. The van der Waals surface area contributed by atoms with E-state index >= 15 is 0 Å². The smallest absolute Gasteiger partial charge is 0.407 e. The Morgan fingerprint density at radius 3 is 2.55 bits per heavy atom. The van der Waals surface area contributed by atoms with Crippen LogP contribution in [0.4, 0.5) is 30.2 Å². The normalized spacial score (nSPS) is 17.9. The SMILES string of the molecule is CC(CC(=O)Nc1ccc2c(c1)NC(OC(=O)C(F)(F)F)(c1cscn1)N2)c1ccccc1. The van der Waals surface area contributed by atoms with Crippen LogP contribution in [0, 0.1) is 0 Å². The zero-order valence-corrected chi connectivity index (χ0v) is 18.1. The number of rotatable bonds is 6. The summed E-state index contributed by atoms with van der Waals surface area (Å²) in [7, 11) is 0. The third kappa shape index (κ3) is 4.92. The third-order valence-corrected chi connectivity index (χ3v) is 5.64. The van der Waals surface area contributed by atoms with Gasteiger partial charge in [0.2, 0.25) is 5.91 Å². The summed E-state index contributed by atoms with van der Waals surface area (Å²) < 4.78 is 43.4. The number of aromatic nitrogens is 1. The van der Waals surface area contributed by atoms with Crippen LogP contribution in [0.5, 0.6) is 0 Å². The molecule has 0 saturated carbocycles. The molecule has 0 spiro atoms. The summed E-state index contributed by atoms with van der Waals surface area (Å²) in [5.74, 6) is -4.61. The van der Waals surface area contributed by atoms with E-state index < -0.39 is 18.0 Å². The van der Waals surface area contributed by atoms with Gasteiger partial charge in [0, 0.05) is 17.5 Å². The van der Waals surface area contributed by atoms with Crippen molar-refractivity contribution in [3.8, 4) is 0 Å². The first kappa shape index (κ1) is 22.6. The van der Waals surface area contributed by atoms with Crippen LogP contribution >= 0.6 is 11.3 Å². The summed E-state index contributed by atoms with van der Waals surface area (Å²) in [5, 5.41) is 9.79. The number of anilines is 3. The summed E-state index contributed by atoms with van der Waals surface area (Å²) in [5.41, 5.74) is 3.66. The summed E-state index contributed by atoms with van der Waals surface area (Å²) in [6.07, 6.45) is -4.94. The van der Waals surface area contributed by atoms with Gasteiger partial charge in [-0.1, -0.05) is 37.3 Å². The Kier molecular flexibility index (Phi) is 5.98. The second-order valence-electron chi connectivity index (χ2n) is 7.52. The van der Waals surface area contributed by atoms with E-state index in [0.29, 0.717) is 17.1 Å². The Morgan fingerprint density at radius 2 is 1.88 bits per heavy atom. The first-order valence-corrected chi connectivity index (χ1v) is 10.8. The van der Waals surface area contributed by atoms with E-state index in [1.165, 1.54) is 10.9 Å². The summed E-state index contributed by atoms with van der Waals surface area (Å²) >= 11 is 1.13. The highest BCUT2D eigenvalue weighted by Crippen LogP contribution is 2.42. The summed E-state index contributed by atoms with van der Waals surface area (Å²) in [6.45, 7) is 1.94. The number of thiazole rings is 1. The topological polar surface area (TPSA) is 92.4 Å². The van der Waals surface area contributed by atoms with Crippen LogP contribution in [0.25, 0.3) is 0 Å². The second kappa shape index (κ2) is 8.74. The van der Waals surface area contributed by atoms with Gasteiger partial charge in [0.1, 0.15) is 5.69 Å². The molecule has 1 aliphatic heterocycles. The van der Waals surface area contributed by atoms with Crippen molar-refractivity contribution in [2.45, 2.75) is 31.3 Å². The number of alkyl halides is 3. The highest BCUT2D eigenvalue weighted by molar-refractivity contribution is 7.07. The van der Waals surface area contributed by atoms with Gasteiger partial charge in [0.25, 0.3) is 0 Å². The first-order chi connectivity index (χ1) is 15.7. The van der Waals surface area contributed by atoms with Crippen molar-refractivity contribution in [3.63, 3.8) is 0 Å². The van der Waals surface area contributed by atoms with Gasteiger partial charge in [-0.2, -0.15) is 13.2 Å². The molecule has 2 aromatic carbocycles. The zero-order chi connectivity index (χ0) is 23.6. The predicted molar refractivity (Wildman–Crippen MR) is 118 cm³/mol. The number of benzene rings is 2. The molecular weight excluding hydrogens is 457 g/mol. The van der Waals surface area contributed by atoms with Crippen LogP contribution in [-0.4, -0.2) is 23.0 Å². The monoisotopic (exact) mass is 476 g/mol. The van der Waals surface area contributed by atoms with Crippen LogP contribution in [0.1, 0.15) is 30.5 Å². The maximum absolute atomic E-state index is 12.9. The molecule has 11 heteroatoms. The Labute approximate surface area is 191 Å². The average Bonchev–Trinajstić information content (AvgIpc) is 3.42. The minimum Gasteiger partial charge on any atom is -0.407 e. The highest BCUT2D eigenvalue weighted by Gasteiger charge is 2.51. The molecule has 7 nitrogen and oxygen atoms in total. The molecular formula is C22H19F3N4O3S. The quantitative estimate of drug-likeness (QED) is 0.433. The molecule has 3 N–H and O–H groups in total. The van der Waals surface area contributed by atoms with Gasteiger partial charge in [-0.15, -0.1) is 11.3 Å². The van der Waals surface area contributed by atoms with Crippen LogP contribution in [0.15, 0.2) is 59.4 Å². The van der Waals surface area contributed by atoms with Crippen molar-refractivity contribution in [2.24, 2.45) is 0 Å². The maximum Gasteiger partial charge on any atom is 0.491 e. The fourth-order valence-electron chi connectivity index (χ4n) is 3.45. The molecule has 0 bridgehead atoms. The third-order valence-electron chi connectivity index (χ3n) is 5.06. The van der Waals surface area contributed by atoms with Crippen LogP contribution < -0.4 is 16.0 Å². The lowest BCUT2D eigenvalue weighted by Crippen LogP contribution is -2.46. The number of carbonyl (C=O) groups excluding carboxylic acids is 2. The second-order valence-corrected chi connectivity index (χ2v) is 8.24. The van der Waals surface area contributed by atoms with E-state index in [-0.39, 0.29) is 23.9 Å². The summed E-state index contributed by atoms with van der Waals surface area (Å²) in [6, 6.07) is 14.3. The average molecular weight is 476 g/mol. The molecule has 0 fully saturated rings. The first-order valence-electron chi connectivity index (χ1n) is 9.90. The largest absolute Gasteiger partial charge is 0.491 e. The number of ether oxygens (including phenoxy) is 1. The Balaban J connectivity index is 1.50. The number of nitrogens with zero attached hydrogens (tertiary/aromatic N) is 1. The Hall–Kier alpha value is -3.60. The minimum atomic E-state index is -5.18. The molecule has 0 aliphatic carbocycles. The van der Waals surface area contributed by atoms with Crippen LogP contribution in [0.2, 0.25) is 0 Å². The van der Waals surface area contributed by atoms with Crippen molar-refractivity contribution in [1.82, 2.24) is 4.98 Å². The standard InChI is InChI=1S/C22H19F3N4O3S/c1-13(14-5-3-2-4-6-14)9-19(30)27-15-7-8-16-17(10-15)29-22(28-16,18-11-33-12-26-18)32-20(31)21(23,24)25/h2-8,10-13,28-29H,9H2,1H3,(H,27,30). The van der Waals surface area contributed by atoms with E-state index in [4.69, 9.17) is 4.74 Å². The van der Waals surface area contributed by atoms with Gasteiger partial charge >= 0.3 is 18.0 Å². The van der Waals surface area contributed by atoms with Crippen LogP contribution in [0.3, 0.4) is 0 Å². The van der Waals surface area contributed by atoms with E-state index in [1.807, 2.05) is 37.3 Å². The van der Waals surface area contributed by atoms with Gasteiger partial charge in [0.15, 0.2) is 0 Å². The van der Waals surface area contributed by atoms with Crippen molar-refractivity contribution >= 4 is 40.3 Å². The van der Waals surface area contributed by atoms with E-state index in [2.05, 4.69) is 20.9 Å². The number of amides is 1. The highest BCUT2D eigenvalue weighted by atomic mass is 32.1. The number of halogens is 3. The van der Waals surface area contributed by atoms with E-state index in [1.54, 1.807) is 18.2 Å². The lowest BCUT2D eigenvalue weighted by molar-refractivity contribution is -0.210. The molecule has 2 atom stereocenters. The Bertz CT molecular complexity index is 1160. The number of esters is 1.